The minimum Gasteiger partial charge on any atom is -0.497 e. The topological polar surface area (TPSA) is 84.2 Å². The molecule has 0 radical (unpaired) electrons. The number of imidazole rings is 1. The van der Waals surface area contributed by atoms with Crippen LogP contribution in [-0.2, 0) is 17.8 Å². The van der Waals surface area contributed by atoms with Crippen LogP contribution in [0.3, 0.4) is 0 Å². The van der Waals surface area contributed by atoms with Crippen LogP contribution >= 0.6 is 0 Å². The van der Waals surface area contributed by atoms with Crippen molar-refractivity contribution in [3.63, 3.8) is 0 Å². The van der Waals surface area contributed by atoms with E-state index in [9.17, 15) is 4.79 Å². The fourth-order valence-corrected chi connectivity index (χ4v) is 3.15. The molecule has 134 valence electrons. The predicted molar refractivity (Wildman–Crippen MR) is 97.2 cm³/mol. The van der Waals surface area contributed by atoms with E-state index in [1.54, 1.807) is 7.11 Å². The highest BCUT2D eigenvalue weighted by Gasteiger charge is 2.27. The molecule has 6 nitrogen and oxygen atoms in total. The van der Waals surface area contributed by atoms with Crippen molar-refractivity contribution in [3.05, 3.63) is 35.7 Å². The minimum absolute atomic E-state index is 0.0414. The molecular weight excluding hydrogens is 316 g/mol. The van der Waals surface area contributed by atoms with Gasteiger partial charge in [-0.2, -0.15) is 0 Å². The smallest absolute Gasteiger partial charge is 0.239 e. The molecule has 3 rings (SSSR count). The van der Waals surface area contributed by atoms with E-state index in [1.807, 2.05) is 29.2 Å². The number of H-pyrrole nitrogens is 1. The van der Waals surface area contributed by atoms with E-state index in [0.717, 1.165) is 54.2 Å². The average Bonchev–Trinajstić information content (AvgIpc) is 3.08. The first-order chi connectivity index (χ1) is 12.1. The number of hydrogen-bond acceptors (Lipinski definition) is 4. The van der Waals surface area contributed by atoms with Crippen molar-refractivity contribution in [1.82, 2.24) is 14.9 Å². The van der Waals surface area contributed by atoms with Gasteiger partial charge in [-0.1, -0.05) is 19.8 Å². The van der Waals surface area contributed by atoms with Crippen LogP contribution in [0.25, 0.3) is 11.4 Å². The number of nitrogens with zero attached hydrogens (tertiary/aromatic N) is 2. The third kappa shape index (κ3) is 3.85. The fourth-order valence-electron chi connectivity index (χ4n) is 3.15. The van der Waals surface area contributed by atoms with Crippen molar-refractivity contribution in [1.29, 1.82) is 0 Å². The van der Waals surface area contributed by atoms with Gasteiger partial charge in [0.25, 0.3) is 0 Å². The van der Waals surface area contributed by atoms with Crippen LogP contribution in [0.2, 0.25) is 0 Å². The van der Waals surface area contributed by atoms with E-state index in [-0.39, 0.29) is 5.91 Å². The zero-order valence-corrected chi connectivity index (χ0v) is 14.9. The molecule has 0 spiro atoms. The van der Waals surface area contributed by atoms with Gasteiger partial charge in [-0.3, -0.25) is 4.79 Å². The first-order valence-corrected chi connectivity index (χ1v) is 8.89. The molecular formula is C19H26N4O2. The molecule has 1 aliphatic heterocycles. The predicted octanol–water partition coefficient (Wildman–Crippen LogP) is 2.49. The Kier molecular flexibility index (Phi) is 5.38. The van der Waals surface area contributed by atoms with Crippen LogP contribution < -0.4 is 10.5 Å². The van der Waals surface area contributed by atoms with Gasteiger partial charge in [0.05, 0.1) is 31.1 Å². The third-order valence-corrected chi connectivity index (χ3v) is 4.69. The minimum atomic E-state index is -0.398. The lowest BCUT2D eigenvalue weighted by molar-refractivity contribution is -0.133. The van der Waals surface area contributed by atoms with E-state index < -0.39 is 6.04 Å². The Labute approximate surface area is 148 Å². The Balaban J connectivity index is 1.71. The van der Waals surface area contributed by atoms with Crippen molar-refractivity contribution in [2.45, 2.75) is 45.2 Å². The zero-order valence-electron chi connectivity index (χ0n) is 14.9. The summed E-state index contributed by atoms with van der Waals surface area (Å²) in [5.41, 5.74) is 9.10. The third-order valence-electron chi connectivity index (χ3n) is 4.69. The monoisotopic (exact) mass is 342 g/mol. The molecule has 0 fully saturated rings. The zero-order chi connectivity index (χ0) is 17.8. The van der Waals surface area contributed by atoms with E-state index in [4.69, 9.17) is 15.5 Å². The quantitative estimate of drug-likeness (QED) is 0.845. The molecule has 1 atom stereocenters. The number of nitrogens with two attached hydrogens (primary N) is 1. The van der Waals surface area contributed by atoms with Gasteiger partial charge in [-0.15, -0.1) is 0 Å². The second-order valence-corrected chi connectivity index (χ2v) is 6.50. The van der Waals surface area contributed by atoms with Crippen molar-refractivity contribution >= 4 is 5.91 Å². The summed E-state index contributed by atoms with van der Waals surface area (Å²) in [6, 6.07) is 7.39. The lowest BCUT2D eigenvalue weighted by Crippen LogP contribution is -2.45. The Morgan fingerprint density at radius 3 is 2.84 bits per heavy atom. The molecule has 0 saturated carbocycles. The number of aromatic amines is 1. The molecule has 2 heterocycles. The summed E-state index contributed by atoms with van der Waals surface area (Å²) < 4.78 is 5.19. The number of fused-ring (bicyclic) bond motifs is 1. The van der Waals surface area contributed by atoms with Gasteiger partial charge in [-0.25, -0.2) is 4.98 Å². The van der Waals surface area contributed by atoms with Gasteiger partial charge in [0.2, 0.25) is 5.91 Å². The Morgan fingerprint density at radius 2 is 2.16 bits per heavy atom. The number of nitrogens with one attached hydrogen (secondary N) is 1. The molecule has 1 amide bonds. The van der Waals surface area contributed by atoms with Crippen molar-refractivity contribution in [3.8, 4) is 17.1 Å². The van der Waals surface area contributed by atoms with Crippen molar-refractivity contribution < 1.29 is 9.53 Å². The lowest BCUT2D eigenvalue weighted by atomic mass is 10.1. The number of carbonyl (C=O) groups is 1. The number of ether oxygens (including phenoxy) is 1. The molecule has 2 aromatic rings. The highest BCUT2D eigenvalue weighted by molar-refractivity contribution is 5.81. The number of carbonyl (C=O) groups excluding carboxylic acids is 1. The maximum Gasteiger partial charge on any atom is 0.239 e. The summed E-state index contributed by atoms with van der Waals surface area (Å²) >= 11 is 0. The largest absolute Gasteiger partial charge is 0.497 e. The summed E-state index contributed by atoms with van der Waals surface area (Å²) in [4.78, 5) is 22.4. The maximum absolute atomic E-state index is 12.5. The molecule has 0 aliphatic carbocycles. The van der Waals surface area contributed by atoms with Crippen LogP contribution in [0, 0.1) is 0 Å². The SMILES string of the molecule is CCCCC(N)C(=O)N1CCc2nc(-c3ccc(OC)cc3)[nH]c2C1. The van der Waals surface area contributed by atoms with Gasteiger partial charge < -0.3 is 20.4 Å². The van der Waals surface area contributed by atoms with Gasteiger partial charge in [0.15, 0.2) is 0 Å². The number of methoxy groups -OCH3 is 1. The number of unbranched alkanes of at least 4 members (excludes halogenated alkanes) is 1. The van der Waals surface area contributed by atoms with Gasteiger partial charge >= 0.3 is 0 Å². The van der Waals surface area contributed by atoms with Gasteiger partial charge in [0, 0.05) is 18.5 Å². The van der Waals surface area contributed by atoms with Crippen LogP contribution in [0.15, 0.2) is 24.3 Å². The first-order valence-electron chi connectivity index (χ1n) is 8.89. The van der Waals surface area contributed by atoms with Gasteiger partial charge in [0.1, 0.15) is 11.6 Å². The first kappa shape index (κ1) is 17.5. The highest BCUT2D eigenvalue weighted by Crippen LogP contribution is 2.24. The molecule has 25 heavy (non-hydrogen) atoms. The van der Waals surface area contributed by atoms with Crippen LogP contribution in [0.1, 0.15) is 37.6 Å². The average molecular weight is 342 g/mol. The summed E-state index contributed by atoms with van der Waals surface area (Å²) in [6.07, 6.45) is 3.54. The summed E-state index contributed by atoms with van der Waals surface area (Å²) in [6.45, 7) is 3.34. The van der Waals surface area contributed by atoms with Crippen molar-refractivity contribution in [2.24, 2.45) is 5.73 Å². The van der Waals surface area contributed by atoms with Crippen LogP contribution in [-0.4, -0.2) is 40.5 Å². The molecule has 1 aliphatic rings. The van der Waals surface area contributed by atoms with E-state index in [2.05, 4.69) is 11.9 Å². The molecule has 0 saturated heterocycles. The number of amides is 1. The summed E-state index contributed by atoms with van der Waals surface area (Å²) in [7, 11) is 1.65. The van der Waals surface area contributed by atoms with E-state index >= 15 is 0 Å². The molecule has 1 aromatic carbocycles. The van der Waals surface area contributed by atoms with Crippen LogP contribution in [0.5, 0.6) is 5.75 Å². The molecule has 1 unspecified atom stereocenters. The fraction of sp³-hybridized carbons (Fsp3) is 0.474. The number of aromatic nitrogens is 2. The second kappa shape index (κ2) is 7.70. The van der Waals surface area contributed by atoms with E-state index in [0.29, 0.717) is 13.1 Å². The number of hydrogen-bond donors (Lipinski definition) is 2. The van der Waals surface area contributed by atoms with Crippen LogP contribution in [0.4, 0.5) is 0 Å². The Bertz CT molecular complexity index is 724. The van der Waals surface area contributed by atoms with Crippen molar-refractivity contribution in [2.75, 3.05) is 13.7 Å². The Morgan fingerprint density at radius 1 is 1.40 bits per heavy atom. The lowest BCUT2D eigenvalue weighted by Gasteiger charge is -2.28. The Hall–Kier alpha value is -2.34. The normalized spacial score (nSPS) is 14.9. The highest BCUT2D eigenvalue weighted by atomic mass is 16.5. The molecule has 0 bridgehead atoms. The molecule has 3 N–H and O–H groups in total. The second-order valence-electron chi connectivity index (χ2n) is 6.50. The summed E-state index contributed by atoms with van der Waals surface area (Å²) in [5.74, 6) is 1.69. The standard InChI is InChI=1S/C19H26N4O2/c1-3-4-5-15(20)19(24)23-11-10-16-17(12-23)22-18(21-16)13-6-8-14(25-2)9-7-13/h6-9,15H,3-5,10-12,20H2,1-2H3,(H,21,22). The maximum atomic E-state index is 12.5. The van der Waals surface area contributed by atoms with E-state index in [1.165, 1.54) is 0 Å². The number of rotatable bonds is 6. The summed E-state index contributed by atoms with van der Waals surface area (Å²) in [5, 5.41) is 0. The van der Waals surface area contributed by atoms with Gasteiger partial charge in [-0.05, 0) is 30.7 Å². The molecule has 1 aromatic heterocycles. The number of benzene rings is 1. The molecule has 6 heteroatoms.